The molecule has 2 heterocycles. The first-order valence-corrected chi connectivity index (χ1v) is 10.2. The lowest BCUT2D eigenvalue weighted by Gasteiger charge is -2.37. The summed E-state index contributed by atoms with van der Waals surface area (Å²) in [5.74, 6) is 0. The van der Waals surface area contributed by atoms with Gasteiger partial charge in [-0.1, -0.05) is 19.1 Å². The van der Waals surface area contributed by atoms with E-state index in [1.807, 2.05) is 6.92 Å². The maximum absolute atomic E-state index is 13.2. The maximum Gasteiger partial charge on any atom is 0.417 e. The smallest absolute Gasteiger partial charge is 0.417 e. The molecule has 3 rings (SSSR count). The minimum atomic E-state index is -4.75. The number of ether oxygens (including phenoxy) is 1. The maximum atomic E-state index is 13.2. The summed E-state index contributed by atoms with van der Waals surface area (Å²) in [6.07, 6.45) is -3.72. The molecule has 27 heavy (non-hydrogen) atoms. The molecule has 0 bridgehead atoms. The van der Waals surface area contributed by atoms with Gasteiger partial charge in [-0.2, -0.15) is 17.5 Å². The lowest BCUT2D eigenvalue weighted by molar-refractivity contribution is -0.139. The van der Waals surface area contributed by atoms with Gasteiger partial charge in [0.2, 0.25) is 10.0 Å². The molecular formula is C17H21F3N2O4S. The van der Waals surface area contributed by atoms with Gasteiger partial charge in [-0.15, -0.1) is 0 Å². The third kappa shape index (κ3) is 3.77. The van der Waals surface area contributed by atoms with Crippen LogP contribution in [0.1, 0.15) is 31.7 Å². The van der Waals surface area contributed by atoms with Gasteiger partial charge in [0.05, 0.1) is 16.5 Å². The van der Waals surface area contributed by atoms with Gasteiger partial charge in [-0.05, 0) is 31.4 Å². The minimum Gasteiger partial charge on any atom is -0.447 e. The Balaban J connectivity index is 1.77. The number of halogens is 3. The number of alkyl halides is 3. The zero-order valence-corrected chi connectivity index (χ0v) is 15.6. The van der Waals surface area contributed by atoms with Crippen LogP contribution in [0.4, 0.5) is 18.0 Å². The van der Waals surface area contributed by atoms with Gasteiger partial charge in [0, 0.05) is 19.1 Å². The Hall–Kier alpha value is -1.81. The van der Waals surface area contributed by atoms with Gasteiger partial charge in [0.15, 0.2) is 0 Å². The van der Waals surface area contributed by atoms with Crippen molar-refractivity contribution in [1.82, 2.24) is 9.21 Å². The van der Waals surface area contributed by atoms with E-state index >= 15 is 0 Å². The van der Waals surface area contributed by atoms with E-state index < -0.39 is 32.8 Å². The van der Waals surface area contributed by atoms with Crippen LogP contribution in [0.5, 0.6) is 0 Å². The number of hydrogen-bond acceptors (Lipinski definition) is 4. The summed E-state index contributed by atoms with van der Waals surface area (Å²) in [6, 6.07) is 3.98. The van der Waals surface area contributed by atoms with Crippen LogP contribution in [0.15, 0.2) is 29.2 Å². The Morgan fingerprint density at radius 3 is 2.41 bits per heavy atom. The van der Waals surface area contributed by atoms with Crippen LogP contribution in [0.3, 0.4) is 0 Å². The molecule has 0 aromatic heterocycles. The quantitative estimate of drug-likeness (QED) is 0.771. The van der Waals surface area contributed by atoms with E-state index in [4.69, 9.17) is 4.74 Å². The Kier molecular flexibility index (Phi) is 5.40. The molecular weight excluding hydrogens is 385 g/mol. The molecule has 0 radical (unpaired) electrons. The predicted octanol–water partition coefficient (Wildman–Crippen LogP) is 3.09. The van der Waals surface area contributed by atoms with E-state index in [9.17, 15) is 26.4 Å². The number of amides is 1. The van der Waals surface area contributed by atoms with Crippen molar-refractivity contribution in [3.63, 3.8) is 0 Å². The highest BCUT2D eigenvalue weighted by Crippen LogP contribution is 2.36. The van der Waals surface area contributed by atoms with Crippen molar-refractivity contribution in [2.75, 3.05) is 19.7 Å². The van der Waals surface area contributed by atoms with E-state index in [-0.39, 0.29) is 25.2 Å². The second-order valence-electron chi connectivity index (χ2n) is 6.68. The molecule has 1 unspecified atom stereocenters. The SMILES string of the molecule is CCC1COC(=O)N1C1CCN(S(=O)(=O)c2ccccc2C(F)(F)F)CC1. The second-order valence-corrected chi connectivity index (χ2v) is 8.58. The van der Waals surface area contributed by atoms with Gasteiger partial charge in [-0.25, -0.2) is 13.2 Å². The van der Waals surface area contributed by atoms with Crippen molar-refractivity contribution in [2.24, 2.45) is 0 Å². The van der Waals surface area contributed by atoms with Gasteiger partial charge < -0.3 is 4.74 Å². The van der Waals surface area contributed by atoms with Crippen molar-refractivity contribution >= 4 is 16.1 Å². The van der Waals surface area contributed by atoms with E-state index in [0.29, 0.717) is 19.4 Å². The fraction of sp³-hybridized carbons (Fsp3) is 0.588. The van der Waals surface area contributed by atoms with Crippen LogP contribution in [0.25, 0.3) is 0 Å². The normalized spacial score (nSPS) is 22.9. The van der Waals surface area contributed by atoms with Gasteiger partial charge >= 0.3 is 12.3 Å². The highest BCUT2D eigenvalue weighted by atomic mass is 32.2. The Bertz CT molecular complexity index is 805. The molecule has 0 aliphatic carbocycles. The molecule has 2 aliphatic rings. The highest BCUT2D eigenvalue weighted by Gasteiger charge is 2.42. The molecule has 2 saturated heterocycles. The zero-order chi connectivity index (χ0) is 19.8. The van der Waals surface area contributed by atoms with E-state index in [2.05, 4.69) is 0 Å². The van der Waals surface area contributed by atoms with Crippen LogP contribution in [-0.2, 0) is 20.9 Å². The Labute approximate surface area is 155 Å². The summed E-state index contributed by atoms with van der Waals surface area (Å²) in [4.78, 5) is 12.9. The van der Waals surface area contributed by atoms with E-state index in [1.54, 1.807) is 4.90 Å². The lowest BCUT2D eigenvalue weighted by Crippen LogP contribution is -2.49. The molecule has 6 nitrogen and oxygen atoms in total. The predicted molar refractivity (Wildman–Crippen MR) is 90.5 cm³/mol. The molecule has 1 amide bonds. The van der Waals surface area contributed by atoms with E-state index in [0.717, 1.165) is 28.9 Å². The molecule has 10 heteroatoms. The second kappa shape index (κ2) is 7.31. The van der Waals surface area contributed by atoms with Gasteiger partial charge in [-0.3, -0.25) is 4.90 Å². The molecule has 0 spiro atoms. The summed E-state index contributed by atoms with van der Waals surface area (Å²) < 4.78 is 71.3. The van der Waals surface area contributed by atoms with Gasteiger partial charge in [0.1, 0.15) is 6.61 Å². The summed E-state index contributed by atoms with van der Waals surface area (Å²) in [5, 5.41) is 0. The lowest BCUT2D eigenvalue weighted by atomic mass is 10.0. The third-order valence-electron chi connectivity index (χ3n) is 5.10. The number of piperidine rings is 1. The number of rotatable bonds is 4. The van der Waals surface area contributed by atoms with Crippen molar-refractivity contribution in [3.05, 3.63) is 29.8 Å². The number of nitrogens with zero attached hydrogens (tertiary/aromatic N) is 2. The standard InChI is InChI=1S/C17H21F3N2O4S/c1-2-12-11-26-16(23)22(12)13-7-9-21(10-8-13)27(24,25)15-6-4-3-5-14(15)17(18,19)20/h3-6,12-13H,2,7-11H2,1H3. The number of hydrogen-bond donors (Lipinski definition) is 0. The largest absolute Gasteiger partial charge is 0.447 e. The van der Waals surface area contributed by atoms with Crippen LogP contribution in [0.2, 0.25) is 0 Å². The van der Waals surface area contributed by atoms with Crippen molar-refractivity contribution in [1.29, 1.82) is 0 Å². The monoisotopic (exact) mass is 406 g/mol. The first-order valence-electron chi connectivity index (χ1n) is 8.77. The molecule has 0 N–H and O–H groups in total. The van der Waals surface area contributed by atoms with Crippen LogP contribution >= 0.6 is 0 Å². The number of cyclic esters (lactones) is 1. The number of carbonyl (C=O) groups is 1. The summed E-state index contributed by atoms with van der Waals surface area (Å²) >= 11 is 0. The first-order chi connectivity index (χ1) is 12.7. The summed E-state index contributed by atoms with van der Waals surface area (Å²) in [7, 11) is -4.28. The highest BCUT2D eigenvalue weighted by molar-refractivity contribution is 7.89. The Morgan fingerprint density at radius 2 is 1.81 bits per heavy atom. The molecule has 1 aromatic carbocycles. The van der Waals surface area contributed by atoms with Gasteiger partial charge in [0.25, 0.3) is 0 Å². The van der Waals surface area contributed by atoms with Crippen LogP contribution in [0, 0.1) is 0 Å². The number of carbonyl (C=O) groups excluding carboxylic acids is 1. The van der Waals surface area contributed by atoms with Crippen molar-refractivity contribution in [3.8, 4) is 0 Å². The topological polar surface area (TPSA) is 66.9 Å². The molecule has 2 aliphatic heterocycles. The first kappa shape index (κ1) is 19.9. The zero-order valence-electron chi connectivity index (χ0n) is 14.8. The fourth-order valence-corrected chi connectivity index (χ4v) is 5.34. The average Bonchev–Trinajstić information content (AvgIpc) is 3.02. The third-order valence-corrected chi connectivity index (χ3v) is 7.06. The fourth-order valence-electron chi connectivity index (χ4n) is 3.66. The van der Waals surface area contributed by atoms with Crippen LogP contribution in [-0.4, -0.2) is 55.5 Å². The number of benzene rings is 1. The van der Waals surface area contributed by atoms with Crippen molar-refractivity contribution in [2.45, 2.75) is 49.3 Å². The minimum absolute atomic E-state index is 0.0448. The van der Waals surface area contributed by atoms with Crippen molar-refractivity contribution < 1.29 is 31.1 Å². The summed E-state index contributed by atoms with van der Waals surface area (Å²) in [5.41, 5.74) is -1.17. The van der Waals surface area contributed by atoms with E-state index in [1.165, 1.54) is 6.07 Å². The van der Waals surface area contributed by atoms with Crippen LogP contribution < -0.4 is 0 Å². The molecule has 1 atom stereocenters. The molecule has 1 aromatic rings. The summed E-state index contributed by atoms with van der Waals surface area (Å²) in [6.45, 7) is 2.36. The molecule has 150 valence electrons. The number of sulfonamides is 1. The molecule has 0 saturated carbocycles. The molecule has 2 fully saturated rings. The average molecular weight is 406 g/mol. The Morgan fingerprint density at radius 1 is 1.19 bits per heavy atom.